The molecule has 1 aliphatic rings. The van der Waals surface area contributed by atoms with Gasteiger partial charge in [-0.25, -0.2) is 5.01 Å². The van der Waals surface area contributed by atoms with Gasteiger partial charge < -0.3 is 14.2 Å². The monoisotopic (exact) mass is 472 g/mol. The van der Waals surface area contributed by atoms with Crippen molar-refractivity contribution >= 4 is 29.1 Å². The first-order valence-corrected chi connectivity index (χ1v) is 11.5. The third-order valence-corrected chi connectivity index (χ3v) is 5.84. The van der Waals surface area contributed by atoms with Crippen molar-refractivity contribution in [3.05, 3.63) is 58.9 Å². The number of aryl methyl sites for hydroxylation is 1. The van der Waals surface area contributed by atoms with Crippen LogP contribution in [0.2, 0.25) is 5.02 Å². The molecule has 1 aliphatic heterocycles. The third-order valence-electron chi connectivity index (χ3n) is 5.59. The highest BCUT2D eigenvalue weighted by atomic mass is 35.5. The van der Waals surface area contributed by atoms with Gasteiger partial charge in [-0.15, -0.1) is 0 Å². The molecule has 2 aromatic rings. The molecule has 3 rings (SSSR count). The van der Waals surface area contributed by atoms with Crippen LogP contribution < -0.4 is 0 Å². The number of hydrogen-bond acceptors (Lipinski definition) is 4. The molecule has 0 bridgehead atoms. The lowest BCUT2D eigenvalue weighted by Crippen LogP contribution is -2.43. The van der Waals surface area contributed by atoms with Crippen LogP contribution in [-0.2, 0) is 21.4 Å². The van der Waals surface area contributed by atoms with Crippen molar-refractivity contribution in [1.29, 1.82) is 0 Å². The van der Waals surface area contributed by atoms with Crippen LogP contribution in [0.25, 0.3) is 0 Å². The standard InChI is InChI=1S/C25H33ClN4O3/c1-25(2,3)16-23(31)29(13-14-33-5)17-24(32)30-22(18-8-10-19(26)11-9-18)15-20(27-30)21-7-6-12-28(21)4/h6-12,22H,13-17H2,1-5H3. The number of methoxy groups -OCH3 is 1. The van der Waals surface area contributed by atoms with Gasteiger partial charge >= 0.3 is 0 Å². The number of halogens is 1. The smallest absolute Gasteiger partial charge is 0.262 e. The summed E-state index contributed by atoms with van der Waals surface area (Å²) < 4.78 is 7.17. The van der Waals surface area contributed by atoms with E-state index in [1.165, 1.54) is 5.01 Å². The van der Waals surface area contributed by atoms with Gasteiger partial charge in [0.1, 0.15) is 6.54 Å². The Bertz CT molecular complexity index is 1010. The van der Waals surface area contributed by atoms with Crippen LogP contribution in [0.3, 0.4) is 0 Å². The summed E-state index contributed by atoms with van der Waals surface area (Å²) in [6.45, 7) is 6.69. The maximum atomic E-state index is 13.5. The van der Waals surface area contributed by atoms with E-state index < -0.39 is 0 Å². The molecule has 0 saturated carbocycles. The van der Waals surface area contributed by atoms with Gasteiger partial charge in [-0.05, 0) is 35.2 Å². The number of nitrogens with zero attached hydrogens (tertiary/aromatic N) is 4. The van der Waals surface area contributed by atoms with Gasteiger partial charge in [-0.3, -0.25) is 9.59 Å². The molecule has 0 fully saturated rings. The minimum absolute atomic E-state index is 0.0493. The lowest BCUT2D eigenvalue weighted by atomic mass is 9.91. The zero-order valence-electron chi connectivity index (χ0n) is 20.0. The third kappa shape index (κ3) is 6.45. The highest BCUT2D eigenvalue weighted by Gasteiger charge is 2.35. The largest absolute Gasteiger partial charge is 0.383 e. The number of carbonyl (C=O) groups is 2. The van der Waals surface area contributed by atoms with Crippen LogP contribution in [0.5, 0.6) is 0 Å². The maximum Gasteiger partial charge on any atom is 0.262 e. The normalized spacial score (nSPS) is 16.1. The molecule has 7 nitrogen and oxygen atoms in total. The zero-order valence-corrected chi connectivity index (χ0v) is 20.8. The molecule has 0 N–H and O–H groups in total. The Morgan fingerprint density at radius 2 is 1.91 bits per heavy atom. The first kappa shape index (κ1) is 25.0. The second-order valence-corrected chi connectivity index (χ2v) is 10.0. The summed E-state index contributed by atoms with van der Waals surface area (Å²) in [5.41, 5.74) is 2.57. The van der Waals surface area contributed by atoms with E-state index in [9.17, 15) is 9.59 Å². The second kappa shape index (κ2) is 10.5. The number of hydrogen-bond donors (Lipinski definition) is 0. The predicted octanol–water partition coefficient (Wildman–Crippen LogP) is 4.27. The second-order valence-electron chi connectivity index (χ2n) is 9.61. The van der Waals surface area contributed by atoms with Crippen LogP contribution >= 0.6 is 11.6 Å². The van der Waals surface area contributed by atoms with Gasteiger partial charge in [0.05, 0.1) is 24.1 Å². The number of ether oxygens (including phenoxy) is 1. The Morgan fingerprint density at radius 1 is 1.21 bits per heavy atom. The quantitative estimate of drug-likeness (QED) is 0.576. The summed E-state index contributed by atoms with van der Waals surface area (Å²) >= 11 is 6.08. The van der Waals surface area contributed by atoms with Crippen LogP contribution in [0, 0.1) is 5.41 Å². The van der Waals surface area contributed by atoms with Gasteiger partial charge in [0, 0.05) is 44.8 Å². The average molecular weight is 473 g/mol. The van der Waals surface area contributed by atoms with E-state index in [1.54, 1.807) is 12.0 Å². The number of hydrazone groups is 1. The maximum absolute atomic E-state index is 13.5. The highest BCUT2D eigenvalue weighted by molar-refractivity contribution is 6.30. The first-order valence-electron chi connectivity index (χ1n) is 11.1. The summed E-state index contributed by atoms with van der Waals surface area (Å²) in [6, 6.07) is 11.2. The van der Waals surface area contributed by atoms with E-state index >= 15 is 0 Å². The van der Waals surface area contributed by atoms with Crippen LogP contribution in [0.15, 0.2) is 47.7 Å². The fraction of sp³-hybridized carbons (Fsp3) is 0.480. The summed E-state index contributed by atoms with van der Waals surface area (Å²) in [4.78, 5) is 28.0. The van der Waals surface area contributed by atoms with Crippen molar-refractivity contribution in [2.45, 2.75) is 39.7 Å². The van der Waals surface area contributed by atoms with Crippen molar-refractivity contribution in [3.63, 3.8) is 0 Å². The van der Waals surface area contributed by atoms with Crippen molar-refractivity contribution in [3.8, 4) is 0 Å². The van der Waals surface area contributed by atoms with Crippen LogP contribution in [0.1, 0.15) is 50.9 Å². The molecule has 178 valence electrons. The zero-order chi connectivity index (χ0) is 24.2. The summed E-state index contributed by atoms with van der Waals surface area (Å²) in [7, 11) is 3.54. The molecule has 1 atom stereocenters. The Balaban J connectivity index is 1.87. The van der Waals surface area contributed by atoms with Gasteiger partial charge in [-0.2, -0.15) is 5.10 Å². The molecule has 8 heteroatoms. The van der Waals surface area contributed by atoms with E-state index in [1.807, 2.05) is 75.0 Å². The van der Waals surface area contributed by atoms with Gasteiger partial charge in [0.2, 0.25) is 5.91 Å². The average Bonchev–Trinajstić information content (AvgIpc) is 3.36. The number of amides is 2. The van der Waals surface area contributed by atoms with Gasteiger partial charge in [0.15, 0.2) is 0 Å². The molecule has 1 aromatic heterocycles. The van der Waals surface area contributed by atoms with Crippen molar-refractivity contribution in [2.75, 3.05) is 26.8 Å². The molecule has 0 saturated heterocycles. The molecular formula is C25H33ClN4O3. The number of carbonyl (C=O) groups excluding carboxylic acids is 2. The fourth-order valence-electron chi connectivity index (χ4n) is 3.90. The number of aromatic nitrogens is 1. The van der Waals surface area contributed by atoms with E-state index in [4.69, 9.17) is 21.4 Å². The molecule has 2 amide bonds. The Labute approximate surface area is 201 Å². The van der Waals surface area contributed by atoms with Crippen molar-refractivity contribution in [2.24, 2.45) is 17.6 Å². The summed E-state index contributed by atoms with van der Waals surface area (Å²) in [5.74, 6) is -0.292. The van der Waals surface area contributed by atoms with Gasteiger partial charge in [0.25, 0.3) is 5.91 Å². The van der Waals surface area contributed by atoms with Gasteiger partial charge in [-0.1, -0.05) is 44.5 Å². The minimum Gasteiger partial charge on any atom is -0.383 e. The van der Waals surface area contributed by atoms with E-state index in [-0.39, 0.29) is 29.8 Å². The topological polar surface area (TPSA) is 67.1 Å². The number of benzene rings is 1. The highest BCUT2D eigenvalue weighted by Crippen LogP contribution is 2.33. The van der Waals surface area contributed by atoms with E-state index in [2.05, 4.69) is 0 Å². The van der Waals surface area contributed by atoms with Crippen LogP contribution in [-0.4, -0.2) is 58.8 Å². The molecule has 1 aromatic carbocycles. The summed E-state index contributed by atoms with van der Waals surface area (Å²) in [5, 5.41) is 6.88. The Morgan fingerprint density at radius 3 is 2.48 bits per heavy atom. The molecule has 0 radical (unpaired) electrons. The molecular weight excluding hydrogens is 440 g/mol. The molecule has 2 heterocycles. The lowest BCUT2D eigenvalue weighted by Gasteiger charge is -2.29. The summed E-state index contributed by atoms with van der Waals surface area (Å²) in [6.07, 6.45) is 2.89. The Hall–Kier alpha value is -2.64. The van der Waals surface area contributed by atoms with Crippen LogP contribution in [0.4, 0.5) is 0 Å². The lowest BCUT2D eigenvalue weighted by molar-refractivity contribution is -0.143. The molecule has 1 unspecified atom stereocenters. The van der Waals surface area contributed by atoms with Crippen molar-refractivity contribution in [1.82, 2.24) is 14.5 Å². The fourth-order valence-corrected chi connectivity index (χ4v) is 4.02. The first-order chi connectivity index (χ1) is 15.6. The molecule has 33 heavy (non-hydrogen) atoms. The minimum atomic E-state index is -0.262. The van der Waals surface area contributed by atoms with E-state index in [0.717, 1.165) is 17.0 Å². The predicted molar refractivity (Wildman–Crippen MR) is 130 cm³/mol. The van der Waals surface area contributed by atoms with E-state index in [0.29, 0.717) is 31.0 Å². The SMILES string of the molecule is COCCN(CC(=O)N1N=C(c2cccn2C)CC1c1ccc(Cl)cc1)C(=O)CC(C)(C)C. The number of rotatable bonds is 8. The molecule has 0 aliphatic carbocycles. The molecule has 0 spiro atoms. The Kier molecular flexibility index (Phi) is 7.97. The van der Waals surface area contributed by atoms with Crippen molar-refractivity contribution < 1.29 is 14.3 Å².